The molecule has 7 heteroatoms. The molecule has 0 spiro atoms. The molecule has 3 rings (SSSR count). The number of benzene rings is 2. The molecule has 1 heterocycles. The summed E-state index contributed by atoms with van der Waals surface area (Å²) in [6.07, 6.45) is 0. The first kappa shape index (κ1) is 16.9. The summed E-state index contributed by atoms with van der Waals surface area (Å²) >= 11 is 9.58. The van der Waals surface area contributed by atoms with Crippen molar-refractivity contribution < 1.29 is 19.0 Å². The van der Waals surface area contributed by atoms with E-state index in [2.05, 4.69) is 21.2 Å². The van der Waals surface area contributed by atoms with E-state index in [4.69, 9.17) is 25.8 Å². The molecule has 1 N–H and O–H groups in total. The van der Waals surface area contributed by atoms with Crippen LogP contribution in [0.5, 0.6) is 17.2 Å². The minimum absolute atomic E-state index is 0.216. The van der Waals surface area contributed by atoms with Gasteiger partial charge < -0.3 is 19.5 Å². The van der Waals surface area contributed by atoms with Gasteiger partial charge in [0.15, 0.2) is 11.5 Å². The quantitative estimate of drug-likeness (QED) is 0.829. The van der Waals surface area contributed by atoms with Crippen LogP contribution in [0.1, 0.15) is 15.9 Å². The molecule has 5 nitrogen and oxygen atoms in total. The van der Waals surface area contributed by atoms with Gasteiger partial charge in [0.1, 0.15) is 19.0 Å². The summed E-state index contributed by atoms with van der Waals surface area (Å²) in [4.78, 5) is 12.4. The lowest BCUT2D eigenvalue weighted by atomic mass is 10.1. The summed E-state index contributed by atoms with van der Waals surface area (Å²) in [5.41, 5.74) is 1.33. The van der Waals surface area contributed by atoms with Crippen LogP contribution in [0.15, 0.2) is 34.8 Å². The van der Waals surface area contributed by atoms with Gasteiger partial charge >= 0.3 is 0 Å². The minimum Gasteiger partial charge on any atom is -0.497 e. The van der Waals surface area contributed by atoms with Gasteiger partial charge in [0.2, 0.25) is 0 Å². The van der Waals surface area contributed by atoms with Gasteiger partial charge in [-0.15, -0.1) is 0 Å². The number of ether oxygens (including phenoxy) is 3. The van der Waals surface area contributed by atoms with Crippen LogP contribution >= 0.6 is 27.5 Å². The molecule has 0 unspecified atom stereocenters. The van der Waals surface area contributed by atoms with Crippen molar-refractivity contribution >= 4 is 33.4 Å². The fraction of sp³-hybridized carbons (Fsp3) is 0.235. The number of nitrogens with one attached hydrogen (secondary N) is 1. The molecule has 126 valence electrons. The standard InChI is InChI=1S/C17H15BrClNO4/c1-22-11-2-3-13(18)12(8-11)17(21)20-9-10-6-14(19)16-15(7-10)23-4-5-24-16/h2-3,6-8H,4-5,9H2,1H3,(H,20,21). The molecule has 0 aromatic heterocycles. The van der Waals surface area contributed by atoms with E-state index in [0.717, 1.165) is 5.56 Å². The summed E-state index contributed by atoms with van der Waals surface area (Å²) in [7, 11) is 1.56. The monoisotopic (exact) mass is 411 g/mol. The molecule has 0 atom stereocenters. The van der Waals surface area contributed by atoms with Crippen LogP contribution in [0.4, 0.5) is 0 Å². The molecule has 2 aromatic carbocycles. The number of hydrogen-bond acceptors (Lipinski definition) is 4. The Morgan fingerprint density at radius 1 is 1.29 bits per heavy atom. The molecule has 0 aliphatic carbocycles. The van der Waals surface area contributed by atoms with Gasteiger partial charge in [0, 0.05) is 11.0 Å². The summed E-state index contributed by atoms with van der Waals surface area (Å²) in [6, 6.07) is 8.81. The molecule has 1 aliphatic rings. The number of methoxy groups -OCH3 is 1. The van der Waals surface area contributed by atoms with Crippen molar-refractivity contribution in [3.05, 3.63) is 51.0 Å². The Kier molecular flexibility index (Phi) is 5.16. The largest absolute Gasteiger partial charge is 0.497 e. The number of halogens is 2. The summed E-state index contributed by atoms with van der Waals surface area (Å²) in [5, 5.41) is 3.33. The van der Waals surface area contributed by atoms with Crippen LogP contribution in [0.2, 0.25) is 5.02 Å². The number of carbonyl (C=O) groups is 1. The fourth-order valence-corrected chi connectivity index (χ4v) is 3.06. The molecule has 0 fully saturated rings. The Bertz CT molecular complexity index is 781. The summed E-state index contributed by atoms with van der Waals surface area (Å²) in [5.74, 6) is 1.55. The first-order valence-electron chi connectivity index (χ1n) is 7.28. The predicted molar refractivity (Wildman–Crippen MR) is 94.3 cm³/mol. The molecule has 24 heavy (non-hydrogen) atoms. The normalized spacial score (nSPS) is 12.6. The van der Waals surface area contributed by atoms with E-state index in [-0.39, 0.29) is 5.91 Å². The van der Waals surface area contributed by atoms with Crippen molar-refractivity contribution in [1.82, 2.24) is 5.32 Å². The van der Waals surface area contributed by atoms with E-state index in [1.54, 1.807) is 31.4 Å². The molecule has 0 saturated carbocycles. The molecule has 1 amide bonds. The van der Waals surface area contributed by atoms with E-state index in [0.29, 0.717) is 52.1 Å². The number of rotatable bonds is 4. The van der Waals surface area contributed by atoms with Crippen LogP contribution < -0.4 is 19.5 Å². The average Bonchev–Trinajstić information content (AvgIpc) is 2.60. The summed E-state index contributed by atoms with van der Waals surface area (Å²) in [6.45, 7) is 1.28. The van der Waals surface area contributed by atoms with Gasteiger partial charge in [-0.3, -0.25) is 4.79 Å². The lowest BCUT2D eigenvalue weighted by molar-refractivity contribution is 0.0949. The van der Waals surface area contributed by atoms with Crippen molar-refractivity contribution in [1.29, 1.82) is 0 Å². The second kappa shape index (κ2) is 7.32. The van der Waals surface area contributed by atoms with E-state index in [9.17, 15) is 4.79 Å². The zero-order valence-corrected chi connectivity index (χ0v) is 15.2. The molecule has 0 saturated heterocycles. The molecular formula is C17H15BrClNO4. The maximum atomic E-state index is 12.4. The Hall–Kier alpha value is -1.92. The third-order valence-corrected chi connectivity index (χ3v) is 4.50. The van der Waals surface area contributed by atoms with E-state index >= 15 is 0 Å². The highest BCUT2D eigenvalue weighted by Crippen LogP contribution is 2.38. The minimum atomic E-state index is -0.216. The Balaban J connectivity index is 1.74. The third kappa shape index (κ3) is 3.60. The molecule has 0 bridgehead atoms. The van der Waals surface area contributed by atoms with E-state index in [1.165, 1.54) is 0 Å². The zero-order chi connectivity index (χ0) is 17.1. The third-order valence-electron chi connectivity index (χ3n) is 3.53. The van der Waals surface area contributed by atoms with Crippen LogP contribution in [0.25, 0.3) is 0 Å². The maximum absolute atomic E-state index is 12.4. The van der Waals surface area contributed by atoms with Crippen LogP contribution in [0.3, 0.4) is 0 Å². The number of amides is 1. The highest BCUT2D eigenvalue weighted by atomic mass is 79.9. The molecular weight excluding hydrogens is 398 g/mol. The zero-order valence-electron chi connectivity index (χ0n) is 12.9. The maximum Gasteiger partial charge on any atom is 0.252 e. The highest BCUT2D eigenvalue weighted by molar-refractivity contribution is 9.10. The molecule has 2 aromatic rings. The molecule has 1 aliphatic heterocycles. The van der Waals surface area contributed by atoms with Crippen molar-refractivity contribution in [2.75, 3.05) is 20.3 Å². The second-order valence-electron chi connectivity index (χ2n) is 5.13. The van der Waals surface area contributed by atoms with Gasteiger partial charge in [-0.05, 0) is 51.8 Å². The van der Waals surface area contributed by atoms with Crippen LogP contribution in [0, 0.1) is 0 Å². The molecule has 0 radical (unpaired) electrons. The van der Waals surface area contributed by atoms with Gasteiger partial charge in [0.25, 0.3) is 5.91 Å². The SMILES string of the molecule is COc1ccc(Br)c(C(=O)NCc2cc(Cl)c3c(c2)OCCO3)c1. The van der Waals surface area contributed by atoms with E-state index in [1.807, 2.05) is 6.07 Å². The average molecular weight is 413 g/mol. The summed E-state index contributed by atoms with van der Waals surface area (Å²) < 4.78 is 16.9. The van der Waals surface area contributed by atoms with Crippen LogP contribution in [-0.4, -0.2) is 26.2 Å². The highest BCUT2D eigenvalue weighted by Gasteiger charge is 2.17. The Morgan fingerprint density at radius 2 is 2.08 bits per heavy atom. The first-order valence-corrected chi connectivity index (χ1v) is 8.45. The fourth-order valence-electron chi connectivity index (χ4n) is 2.35. The first-order chi connectivity index (χ1) is 11.6. The number of hydrogen-bond donors (Lipinski definition) is 1. The number of fused-ring (bicyclic) bond motifs is 1. The van der Waals surface area contributed by atoms with Gasteiger partial charge in [-0.1, -0.05) is 11.6 Å². The Morgan fingerprint density at radius 3 is 2.88 bits per heavy atom. The van der Waals surface area contributed by atoms with Crippen LogP contribution in [-0.2, 0) is 6.54 Å². The van der Waals surface area contributed by atoms with E-state index < -0.39 is 0 Å². The lowest BCUT2D eigenvalue weighted by Gasteiger charge is -2.20. The second-order valence-corrected chi connectivity index (χ2v) is 6.39. The van der Waals surface area contributed by atoms with Crippen molar-refractivity contribution in [2.24, 2.45) is 0 Å². The van der Waals surface area contributed by atoms with Crippen molar-refractivity contribution in [2.45, 2.75) is 6.54 Å². The van der Waals surface area contributed by atoms with Crippen molar-refractivity contribution in [3.63, 3.8) is 0 Å². The topological polar surface area (TPSA) is 56.8 Å². The van der Waals surface area contributed by atoms with Crippen molar-refractivity contribution in [3.8, 4) is 17.2 Å². The smallest absolute Gasteiger partial charge is 0.252 e. The Labute approximate surface area is 153 Å². The number of carbonyl (C=O) groups excluding carboxylic acids is 1. The van der Waals surface area contributed by atoms with Gasteiger partial charge in [-0.2, -0.15) is 0 Å². The lowest BCUT2D eigenvalue weighted by Crippen LogP contribution is -2.23. The van der Waals surface area contributed by atoms with Gasteiger partial charge in [0.05, 0.1) is 17.7 Å². The predicted octanol–water partition coefficient (Wildman–Crippen LogP) is 3.81. The van der Waals surface area contributed by atoms with Gasteiger partial charge in [-0.25, -0.2) is 0 Å².